The molecule has 5 heterocycles. The van der Waals surface area contributed by atoms with E-state index in [0.29, 0.717) is 0 Å². The van der Waals surface area contributed by atoms with Gasteiger partial charge < -0.3 is 14.0 Å². The minimum Gasteiger partial charge on any atom is -0.500 e. The van der Waals surface area contributed by atoms with Crippen molar-refractivity contribution in [1.29, 1.82) is 0 Å². The number of rotatable bonds is 6. The van der Waals surface area contributed by atoms with Gasteiger partial charge in [-0.1, -0.05) is 167 Å². The topological polar surface area (TPSA) is 43.9 Å². The third-order valence-electron chi connectivity index (χ3n) is 14.1. The van der Waals surface area contributed by atoms with Crippen LogP contribution in [0.3, 0.4) is 0 Å². The van der Waals surface area contributed by atoms with Crippen LogP contribution in [0.15, 0.2) is 156 Å². The summed E-state index contributed by atoms with van der Waals surface area (Å²) in [6.45, 7) is 9.14. The summed E-state index contributed by atoms with van der Waals surface area (Å²) in [5, 5.41) is 6.15. The number of hydrogen-bond donors (Lipinski definition) is 0. The fourth-order valence-electron chi connectivity index (χ4n) is 10.9. The van der Waals surface area contributed by atoms with Crippen LogP contribution in [-0.4, -0.2) is 22.6 Å². The van der Waals surface area contributed by atoms with E-state index >= 15 is 0 Å². The van der Waals surface area contributed by atoms with Gasteiger partial charge in [0, 0.05) is 42.8 Å². The summed E-state index contributed by atoms with van der Waals surface area (Å²) in [5.41, 5.74) is 14.7. The van der Waals surface area contributed by atoms with E-state index in [4.69, 9.17) is 14.4 Å². The zero-order chi connectivity index (χ0) is 43.4. The summed E-state index contributed by atoms with van der Waals surface area (Å²) < 4.78 is 9.15. The van der Waals surface area contributed by atoms with Crippen LogP contribution in [-0.2, 0) is 26.5 Å². The molecule has 1 fully saturated rings. The SMILES string of the molecule is CC(C)c1cc(-c2ccccc2)cc(C(C)C)c1-n1c(-c2[c-]ccc3c2oc2c4ccccc4ccc32)nc2ccccc21.[Ir].[c-]1ccccc1-c1cc2c(cn1)[Si]1(CCCC1)CCC2. The molecule has 2 aliphatic rings. The summed E-state index contributed by atoms with van der Waals surface area (Å²) in [4.78, 5) is 10.1. The number of pyridine rings is 1. The number of imidazole rings is 1. The van der Waals surface area contributed by atoms with Crippen LogP contribution >= 0.6 is 0 Å². The molecule has 10 aromatic rings. The Hall–Kier alpha value is -5.91. The first-order valence-electron chi connectivity index (χ1n) is 23.3. The van der Waals surface area contributed by atoms with Gasteiger partial charge in [-0.15, -0.1) is 54.1 Å². The van der Waals surface area contributed by atoms with Gasteiger partial charge in [0.25, 0.3) is 0 Å². The van der Waals surface area contributed by atoms with Crippen molar-refractivity contribution in [3.05, 3.63) is 181 Å². The van der Waals surface area contributed by atoms with Gasteiger partial charge in [-0.3, -0.25) is 4.98 Å². The van der Waals surface area contributed by atoms with Crippen LogP contribution in [0.1, 0.15) is 75.5 Å². The zero-order valence-corrected chi connectivity index (χ0v) is 41.0. The molecule has 12 rings (SSSR count). The second kappa shape index (κ2) is 17.8. The average molecular weight is 1040 g/mol. The predicted octanol–water partition coefficient (Wildman–Crippen LogP) is 15.4. The average Bonchev–Trinajstić information content (AvgIpc) is 4.08. The Bertz CT molecular complexity index is 3300. The monoisotopic (exact) mass is 1040 g/mol. The number of nitrogens with zero attached hydrogens (tertiary/aromatic N) is 3. The summed E-state index contributed by atoms with van der Waals surface area (Å²) in [5.74, 6) is 1.42. The molecule has 0 N–H and O–H groups in total. The molecule has 6 heteroatoms. The van der Waals surface area contributed by atoms with E-state index < -0.39 is 8.07 Å². The number of hydrogen-bond acceptors (Lipinski definition) is 3. The molecule has 2 aliphatic heterocycles. The summed E-state index contributed by atoms with van der Waals surface area (Å²) >= 11 is 0. The molecule has 1 radical (unpaired) electrons. The number of aromatic nitrogens is 3. The minimum absolute atomic E-state index is 0. The second-order valence-corrected chi connectivity index (χ2v) is 23.2. The number of benzene rings is 7. The van der Waals surface area contributed by atoms with Crippen LogP contribution in [0, 0.1) is 12.1 Å². The molecule has 3 aromatic heterocycles. The molecule has 0 atom stereocenters. The van der Waals surface area contributed by atoms with Crippen LogP contribution in [0.4, 0.5) is 0 Å². The van der Waals surface area contributed by atoms with Crippen molar-refractivity contribution in [1.82, 2.24) is 14.5 Å². The van der Waals surface area contributed by atoms with Gasteiger partial charge in [-0.2, -0.15) is 0 Å². The Balaban J connectivity index is 0.000000198. The molecule has 1 spiro atoms. The maximum absolute atomic E-state index is 6.79. The molecule has 0 amide bonds. The van der Waals surface area contributed by atoms with Gasteiger partial charge >= 0.3 is 0 Å². The Morgan fingerprint density at radius 1 is 0.631 bits per heavy atom. The molecule has 0 aliphatic carbocycles. The van der Waals surface area contributed by atoms with E-state index in [2.05, 4.69) is 178 Å². The van der Waals surface area contributed by atoms with E-state index in [-0.39, 0.29) is 31.9 Å². The van der Waals surface area contributed by atoms with Gasteiger partial charge in [0.15, 0.2) is 0 Å². The minimum atomic E-state index is -1.14. The molecule has 0 bridgehead atoms. The maximum atomic E-state index is 6.79. The van der Waals surface area contributed by atoms with E-state index in [1.165, 1.54) is 77.1 Å². The predicted molar refractivity (Wildman–Crippen MR) is 270 cm³/mol. The van der Waals surface area contributed by atoms with Crippen molar-refractivity contribution in [3.8, 4) is 39.5 Å². The standard InChI is InChI=1S/C41H33N2O.C18H20NSi.Ir/c1-25(2)34-23-29(27-13-6-5-7-14-27)24-35(26(3)4)38(34)43-37-20-11-10-19-36(37)42-41(43)33-18-12-17-31-32-22-21-28-15-8-9-16-30(28)39(32)44-40(31)33;1-2-7-15(8-3-1)17-13-16-9-6-12-20(10-4-5-11-20)18(16)14-19-17;/h5-17,19-26H,1-4H3;1-3,7,13-14H,4-6,9-12H2;/q2*-1;. The van der Waals surface area contributed by atoms with Crippen LogP contribution in [0.2, 0.25) is 18.1 Å². The summed E-state index contributed by atoms with van der Waals surface area (Å²) in [7, 11) is -1.14. The Kier molecular flexibility index (Phi) is 11.8. The Labute approximate surface area is 397 Å². The van der Waals surface area contributed by atoms with Crippen molar-refractivity contribution < 1.29 is 24.5 Å². The van der Waals surface area contributed by atoms with Gasteiger partial charge in [-0.05, 0) is 81.0 Å². The van der Waals surface area contributed by atoms with Gasteiger partial charge in [0.1, 0.15) is 5.58 Å². The van der Waals surface area contributed by atoms with Crippen molar-refractivity contribution in [2.75, 3.05) is 0 Å². The molecule has 0 unspecified atom stereocenters. The first-order chi connectivity index (χ1) is 31.4. The van der Waals surface area contributed by atoms with Gasteiger partial charge in [0.05, 0.1) is 30.5 Å². The first kappa shape index (κ1) is 43.0. The fraction of sp³-hybridized carbons (Fsp3) is 0.220. The summed E-state index contributed by atoms with van der Waals surface area (Å²) in [6.07, 6.45) is 7.82. The van der Waals surface area contributed by atoms with E-state index in [9.17, 15) is 0 Å². The maximum Gasteiger partial charge on any atom is 0.128 e. The molecular formula is C59H53IrN3OSi-2. The van der Waals surface area contributed by atoms with Gasteiger partial charge in [-0.25, -0.2) is 0 Å². The van der Waals surface area contributed by atoms with Crippen molar-refractivity contribution >= 4 is 57.0 Å². The van der Waals surface area contributed by atoms with Crippen LogP contribution in [0.5, 0.6) is 0 Å². The molecule has 0 saturated carbocycles. The first-order valence-corrected chi connectivity index (χ1v) is 25.9. The molecule has 7 aromatic carbocycles. The summed E-state index contributed by atoms with van der Waals surface area (Å²) in [6, 6.07) is 62.7. The third-order valence-corrected chi connectivity index (χ3v) is 19.6. The normalized spacial score (nSPS) is 14.3. The van der Waals surface area contributed by atoms with E-state index in [1.54, 1.807) is 10.8 Å². The molecule has 4 nitrogen and oxygen atoms in total. The molecule has 325 valence electrons. The fourth-order valence-corrected chi connectivity index (χ4v) is 16.4. The smallest absolute Gasteiger partial charge is 0.128 e. The molecular weight excluding hydrogens is 987 g/mol. The van der Waals surface area contributed by atoms with Crippen LogP contribution < -0.4 is 5.19 Å². The number of aryl methyl sites for hydroxylation is 1. The number of fused-ring (bicyclic) bond motifs is 8. The zero-order valence-electron chi connectivity index (χ0n) is 37.6. The molecule has 1 saturated heterocycles. The number of furan rings is 1. The Morgan fingerprint density at radius 2 is 1.34 bits per heavy atom. The quantitative estimate of drug-likeness (QED) is 0.123. The Morgan fingerprint density at radius 3 is 2.11 bits per heavy atom. The van der Waals surface area contributed by atoms with Gasteiger partial charge in [0.2, 0.25) is 0 Å². The van der Waals surface area contributed by atoms with E-state index in [0.717, 1.165) is 61.0 Å². The van der Waals surface area contributed by atoms with Crippen molar-refractivity contribution in [2.45, 2.75) is 83.3 Å². The number of para-hydroxylation sites is 2. The third kappa shape index (κ3) is 7.70. The van der Waals surface area contributed by atoms with Crippen molar-refractivity contribution in [3.63, 3.8) is 0 Å². The van der Waals surface area contributed by atoms with Crippen LogP contribution in [0.25, 0.3) is 83.2 Å². The van der Waals surface area contributed by atoms with Crippen molar-refractivity contribution in [2.24, 2.45) is 0 Å². The van der Waals surface area contributed by atoms with E-state index in [1.807, 2.05) is 18.2 Å². The second-order valence-electron chi connectivity index (χ2n) is 18.6. The largest absolute Gasteiger partial charge is 0.500 e. The molecule has 65 heavy (non-hydrogen) atoms.